The van der Waals surface area contributed by atoms with Crippen molar-refractivity contribution in [2.75, 3.05) is 23.3 Å². The van der Waals surface area contributed by atoms with Crippen molar-refractivity contribution in [1.82, 2.24) is 0 Å². The van der Waals surface area contributed by atoms with Crippen molar-refractivity contribution in [2.45, 2.75) is 32.8 Å². The zero-order valence-corrected chi connectivity index (χ0v) is 18.5. The highest BCUT2D eigenvalue weighted by Gasteiger charge is 2.27. The third kappa shape index (κ3) is 5.22. The first-order chi connectivity index (χ1) is 15.2. The topological polar surface area (TPSA) is 145 Å². The molecule has 1 aromatic heterocycles. The summed E-state index contributed by atoms with van der Waals surface area (Å²) in [5.74, 6) is -1.64. The smallest absolute Gasteiger partial charge is 0.339 e. The number of carbonyl (C=O) groups excluding carboxylic acids is 3. The number of nitro benzene ring substituents is 1. The van der Waals surface area contributed by atoms with Gasteiger partial charge in [0.2, 0.25) is 0 Å². The van der Waals surface area contributed by atoms with E-state index in [1.54, 1.807) is 11.4 Å². The number of esters is 1. The number of hydrogen-bond acceptors (Lipinski definition) is 8. The number of carbonyl (C=O) groups is 3. The number of amides is 2. The highest BCUT2D eigenvalue weighted by molar-refractivity contribution is 7.14. The summed E-state index contributed by atoms with van der Waals surface area (Å²) in [4.78, 5) is 49.3. The molecule has 10 nitrogen and oxygen atoms in total. The largest absolute Gasteiger partial charge is 0.449 e. The van der Waals surface area contributed by atoms with Crippen LogP contribution in [0, 0.1) is 16.0 Å². The maximum atomic E-state index is 12.5. The van der Waals surface area contributed by atoms with Crippen LogP contribution in [0.15, 0.2) is 29.6 Å². The van der Waals surface area contributed by atoms with E-state index >= 15 is 0 Å². The number of piperidine rings is 1. The van der Waals surface area contributed by atoms with Crippen molar-refractivity contribution in [2.24, 2.45) is 11.7 Å². The molecular formula is C21H24N4O6S. The van der Waals surface area contributed by atoms with Crippen molar-refractivity contribution >= 4 is 45.5 Å². The van der Waals surface area contributed by atoms with E-state index in [2.05, 4.69) is 12.2 Å². The highest BCUT2D eigenvalue weighted by atomic mass is 32.1. The summed E-state index contributed by atoms with van der Waals surface area (Å²) in [6, 6.07) is 5.64. The van der Waals surface area contributed by atoms with E-state index in [9.17, 15) is 24.5 Å². The van der Waals surface area contributed by atoms with E-state index in [0.717, 1.165) is 24.2 Å². The average molecular weight is 461 g/mol. The van der Waals surface area contributed by atoms with Gasteiger partial charge in [-0.2, -0.15) is 0 Å². The number of nitrogens with zero attached hydrogens (tertiary/aromatic N) is 2. The van der Waals surface area contributed by atoms with Crippen LogP contribution in [0.4, 0.5) is 16.4 Å². The summed E-state index contributed by atoms with van der Waals surface area (Å²) in [7, 11) is 0. The number of anilines is 2. The van der Waals surface area contributed by atoms with Crippen LogP contribution in [-0.4, -0.2) is 41.9 Å². The third-order valence-electron chi connectivity index (χ3n) is 5.35. The SMILES string of the molecule is CC1CCN(c2ccc(C(=O)OC(C)C(=O)Nc3sccc3C(N)=O)cc2[N+](=O)[O-])CC1. The summed E-state index contributed by atoms with van der Waals surface area (Å²) in [5, 5.41) is 16.0. The summed E-state index contributed by atoms with van der Waals surface area (Å²) in [6.07, 6.45) is 0.678. The van der Waals surface area contributed by atoms with Crippen LogP contribution in [0.5, 0.6) is 0 Å². The van der Waals surface area contributed by atoms with Gasteiger partial charge in [0.1, 0.15) is 10.7 Å². The number of nitro groups is 1. The molecule has 0 saturated carbocycles. The molecule has 1 atom stereocenters. The molecule has 2 heterocycles. The van der Waals surface area contributed by atoms with Crippen LogP contribution in [0.3, 0.4) is 0 Å². The van der Waals surface area contributed by atoms with Crippen molar-refractivity contribution in [3.05, 3.63) is 50.9 Å². The Kier molecular flexibility index (Phi) is 7.08. The molecule has 32 heavy (non-hydrogen) atoms. The molecule has 1 aromatic carbocycles. The number of primary amides is 1. The lowest BCUT2D eigenvalue weighted by Gasteiger charge is -2.31. The molecular weight excluding hydrogens is 436 g/mol. The summed E-state index contributed by atoms with van der Waals surface area (Å²) in [6.45, 7) is 4.93. The Hall–Kier alpha value is -3.47. The summed E-state index contributed by atoms with van der Waals surface area (Å²) < 4.78 is 5.18. The predicted molar refractivity (Wildman–Crippen MR) is 120 cm³/mol. The molecule has 2 aromatic rings. The van der Waals surface area contributed by atoms with E-state index in [1.165, 1.54) is 25.1 Å². The molecule has 2 amide bonds. The molecule has 0 bridgehead atoms. The molecule has 0 aliphatic carbocycles. The van der Waals surface area contributed by atoms with Gasteiger partial charge >= 0.3 is 5.97 Å². The first-order valence-electron chi connectivity index (χ1n) is 10.1. The van der Waals surface area contributed by atoms with Crippen LogP contribution < -0.4 is 16.0 Å². The maximum Gasteiger partial charge on any atom is 0.339 e. The van der Waals surface area contributed by atoms with E-state index in [0.29, 0.717) is 24.7 Å². The number of thiophene rings is 1. The first kappa shape index (κ1) is 23.2. The van der Waals surface area contributed by atoms with Gasteiger partial charge in [-0.15, -0.1) is 11.3 Å². The minimum atomic E-state index is -1.20. The Morgan fingerprint density at radius 1 is 1.28 bits per heavy atom. The maximum absolute atomic E-state index is 12.5. The normalized spacial score (nSPS) is 15.1. The van der Waals surface area contributed by atoms with Gasteiger partial charge in [0, 0.05) is 19.2 Å². The van der Waals surface area contributed by atoms with Gasteiger partial charge in [-0.3, -0.25) is 19.7 Å². The zero-order valence-electron chi connectivity index (χ0n) is 17.7. The minimum absolute atomic E-state index is 0.0283. The Balaban J connectivity index is 1.70. The second kappa shape index (κ2) is 9.77. The van der Waals surface area contributed by atoms with Crippen LogP contribution in [-0.2, 0) is 9.53 Å². The molecule has 1 aliphatic heterocycles. The fourth-order valence-corrected chi connectivity index (χ4v) is 4.20. The van der Waals surface area contributed by atoms with Gasteiger partial charge in [0.15, 0.2) is 6.10 Å². The second-order valence-corrected chi connectivity index (χ2v) is 8.61. The predicted octanol–water partition coefficient (Wildman–Crippen LogP) is 3.18. The van der Waals surface area contributed by atoms with Gasteiger partial charge < -0.3 is 20.7 Å². The fourth-order valence-electron chi connectivity index (χ4n) is 3.41. The molecule has 1 saturated heterocycles. The van der Waals surface area contributed by atoms with E-state index < -0.39 is 28.8 Å². The van der Waals surface area contributed by atoms with Crippen molar-refractivity contribution in [1.29, 1.82) is 0 Å². The lowest BCUT2D eigenvalue weighted by atomic mass is 9.98. The molecule has 11 heteroatoms. The standard InChI is InChI=1S/C21H24N4O6S/c1-12-5-8-24(9-6-12)16-4-3-14(11-17(16)25(29)30)21(28)31-13(2)19(27)23-20-15(18(22)26)7-10-32-20/h3-4,7,10-13H,5-6,8-9H2,1-2H3,(H2,22,26)(H,23,27). The molecule has 0 spiro atoms. The van der Waals surface area contributed by atoms with E-state index in [4.69, 9.17) is 10.5 Å². The van der Waals surface area contributed by atoms with Crippen LogP contribution >= 0.6 is 11.3 Å². The van der Waals surface area contributed by atoms with Crippen molar-refractivity contribution < 1.29 is 24.0 Å². The van der Waals surface area contributed by atoms with Crippen molar-refractivity contribution in [3.8, 4) is 0 Å². The number of nitrogens with two attached hydrogens (primary N) is 1. The quantitative estimate of drug-likeness (QED) is 0.367. The van der Waals surface area contributed by atoms with Crippen LogP contribution in [0.1, 0.15) is 47.4 Å². The fraction of sp³-hybridized carbons (Fsp3) is 0.381. The molecule has 1 unspecified atom stereocenters. The highest BCUT2D eigenvalue weighted by Crippen LogP contribution is 2.32. The lowest BCUT2D eigenvalue weighted by Crippen LogP contribution is -2.33. The van der Waals surface area contributed by atoms with Gasteiger partial charge in [0.05, 0.1) is 16.1 Å². The van der Waals surface area contributed by atoms with Gasteiger partial charge in [-0.05, 0) is 49.3 Å². The molecule has 0 radical (unpaired) electrons. The number of benzene rings is 1. The zero-order chi connectivity index (χ0) is 23.4. The number of ether oxygens (including phenoxy) is 1. The second-order valence-electron chi connectivity index (χ2n) is 7.69. The number of nitrogens with one attached hydrogen (secondary N) is 1. The monoisotopic (exact) mass is 460 g/mol. The lowest BCUT2D eigenvalue weighted by molar-refractivity contribution is -0.384. The Morgan fingerprint density at radius 3 is 2.59 bits per heavy atom. The molecule has 3 rings (SSSR count). The Morgan fingerprint density at radius 2 is 1.97 bits per heavy atom. The van der Waals surface area contributed by atoms with E-state index in [1.807, 2.05) is 4.90 Å². The molecule has 170 valence electrons. The van der Waals surface area contributed by atoms with Crippen LogP contribution in [0.25, 0.3) is 0 Å². The van der Waals surface area contributed by atoms with Gasteiger partial charge in [-0.25, -0.2) is 4.79 Å². The Bertz CT molecular complexity index is 1040. The molecule has 3 N–H and O–H groups in total. The minimum Gasteiger partial charge on any atom is -0.449 e. The first-order valence-corrected chi connectivity index (χ1v) is 11.0. The Labute approximate surface area is 188 Å². The number of rotatable bonds is 7. The summed E-state index contributed by atoms with van der Waals surface area (Å²) >= 11 is 1.11. The molecule has 1 fully saturated rings. The molecule has 1 aliphatic rings. The van der Waals surface area contributed by atoms with Gasteiger partial charge in [-0.1, -0.05) is 6.92 Å². The summed E-state index contributed by atoms with van der Waals surface area (Å²) in [5.41, 5.74) is 5.65. The van der Waals surface area contributed by atoms with Crippen LogP contribution in [0.2, 0.25) is 0 Å². The van der Waals surface area contributed by atoms with E-state index in [-0.39, 0.29) is 21.8 Å². The average Bonchev–Trinajstić information content (AvgIpc) is 3.22. The third-order valence-corrected chi connectivity index (χ3v) is 6.18. The van der Waals surface area contributed by atoms with Gasteiger partial charge in [0.25, 0.3) is 17.5 Å². The van der Waals surface area contributed by atoms with Crippen molar-refractivity contribution in [3.63, 3.8) is 0 Å². The number of hydrogen-bond donors (Lipinski definition) is 2.